The summed E-state index contributed by atoms with van der Waals surface area (Å²) in [5, 5.41) is 12.0. The van der Waals surface area contributed by atoms with Crippen molar-refractivity contribution >= 4 is 28.3 Å². The third-order valence-electron chi connectivity index (χ3n) is 5.46. The number of methoxy groups -OCH3 is 2. The second-order valence-electron chi connectivity index (χ2n) is 7.72. The number of anilines is 1. The molecule has 0 atom stereocenters. The lowest BCUT2D eigenvalue weighted by Gasteiger charge is -2.21. The number of carbonyl (C=O) groups excluding carboxylic acids is 2. The second kappa shape index (κ2) is 11.0. The van der Waals surface area contributed by atoms with Gasteiger partial charge in [0, 0.05) is 32.0 Å². The monoisotopic (exact) mass is 498 g/mol. The normalized spacial score (nSPS) is 11.7. The van der Waals surface area contributed by atoms with Gasteiger partial charge >= 0.3 is 0 Å². The van der Waals surface area contributed by atoms with Crippen molar-refractivity contribution in [3.8, 4) is 33.6 Å². The molecular formula is C24H26N4O6S. The van der Waals surface area contributed by atoms with Crippen molar-refractivity contribution in [3.05, 3.63) is 42.0 Å². The molecule has 1 aromatic heterocycles. The highest BCUT2D eigenvalue weighted by atomic mass is 32.1. The van der Waals surface area contributed by atoms with Gasteiger partial charge in [0.05, 0.1) is 14.2 Å². The molecule has 0 saturated heterocycles. The lowest BCUT2D eigenvalue weighted by molar-refractivity contribution is -0.129. The van der Waals surface area contributed by atoms with Gasteiger partial charge in [-0.05, 0) is 42.3 Å². The van der Waals surface area contributed by atoms with Crippen LogP contribution in [0.15, 0.2) is 36.4 Å². The Kier molecular flexibility index (Phi) is 7.66. The minimum atomic E-state index is -0.240. The molecule has 11 heteroatoms. The van der Waals surface area contributed by atoms with Crippen LogP contribution in [0.4, 0.5) is 5.13 Å². The van der Waals surface area contributed by atoms with Crippen molar-refractivity contribution in [1.29, 1.82) is 0 Å². The maximum Gasteiger partial charge on any atom is 0.231 e. The van der Waals surface area contributed by atoms with Gasteiger partial charge < -0.3 is 29.2 Å². The van der Waals surface area contributed by atoms with Crippen LogP contribution < -0.4 is 24.3 Å². The van der Waals surface area contributed by atoms with E-state index in [1.165, 1.54) is 18.3 Å². The van der Waals surface area contributed by atoms with Gasteiger partial charge in [0.25, 0.3) is 0 Å². The number of benzene rings is 2. The zero-order valence-electron chi connectivity index (χ0n) is 19.7. The maximum atomic E-state index is 12.5. The Balaban J connectivity index is 1.29. The van der Waals surface area contributed by atoms with E-state index in [4.69, 9.17) is 18.9 Å². The Hall–Kier alpha value is -3.86. The van der Waals surface area contributed by atoms with Crippen molar-refractivity contribution in [2.45, 2.75) is 19.8 Å². The van der Waals surface area contributed by atoms with Crippen LogP contribution in [0.25, 0.3) is 10.6 Å². The predicted molar refractivity (Wildman–Crippen MR) is 130 cm³/mol. The molecule has 184 valence electrons. The summed E-state index contributed by atoms with van der Waals surface area (Å²) >= 11 is 1.26. The molecule has 35 heavy (non-hydrogen) atoms. The van der Waals surface area contributed by atoms with Gasteiger partial charge in [0.15, 0.2) is 23.0 Å². The summed E-state index contributed by atoms with van der Waals surface area (Å²) in [4.78, 5) is 26.2. The largest absolute Gasteiger partial charge is 0.493 e. The number of carbonyl (C=O) groups is 2. The summed E-state index contributed by atoms with van der Waals surface area (Å²) in [6.07, 6.45) is 0.765. The van der Waals surface area contributed by atoms with Crippen LogP contribution in [0.5, 0.6) is 23.0 Å². The number of ether oxygens (including phenoxy) is 4. The lowest BCUT2D eigenvalue weighted by atomic mass is 10.1. The third-order valence-corrected chi connectivity index (χ3v) is 6.35. The van der Waals surface area contributed by atoms with E-state index in [0.29, 0.717) is 52.6 Å². The van der Waals surface area contributed by atoms with Gasteiger partial charge in [-0.3, -0.25) is 9.59 Å². The zero-order chi connectivity index (χ0) is 24.8. The lowest BCUT2D eigenvalue weighted by Crippen LogP contribution is -2.33. The molecule has 4 rings (SSSR count). The fourth-order valence-electron chi connectivity index (χ4n) is 3.57. The number of fused-ring (bicyclic) bond motifs is 1. The summed E-state index contributed by atoms with van der Waals surface area (Å²) < 4.78 is 21.3. The van der Waals surface area contributed by atoms with Crippen LogP contribution in [0.3, 0.4) is 0 Å². The molecule has 0 unspecified atom stereocenters. The van der Waals surface area contributed by atoms with Crippen LogP contribution in [-0.2, 0) is 16.0 Å². The van der Waals surface area contributed by atoms with Gasteiger partial charge in [-0.2, -0.15) is 0 Å². The first-order valence-corrected chi connectivity index (χ1v) is 11.8. The average molecular weight is 499 g/mol. The smallest absolute Gasteiger partial charge is 0.231 e. The van der Waals surface area contributed by atoms with Gasteiger partial charge in [0.1, 0.15) is 5.01 Å². The number of nitrogens with one attached hydrogen (secondary N) is 1. The summed E-state index contributed by atoms with van der Waals surface area (Å²) in [6.45, 7) is 2.46. The molecule has 0 spiro atoms. The number of amides is 2. The second-order valence-corrected chi connectivity index (χ2v) is 8.70. The van der Waals surface area contributed by atoms with Gasteiger partial charge in [-0.25, -0.2) is 0 Å². The molecule has 1 aliphatic rings. The van der Waals surface area contributed by atoms with Crippen molar-refractivity contribution in [2.75, 3.05) is 39.4 Å². The topological polar surface area (TPSA) is 112 Å². The number of hydrogen-bond donors (Lipinski definition) is 1. The third kappa shape index (κ3) is 5.99. The molecule has 2 aromatic carbocycles. The zero-order valence-corrected chi connectivity index (χ0v) is 20.5. The summed E-state index contributed by atoms with van der Waals surface area (Å²) in [5.74, 6) is 2.29. The summed E-state index contributed by atoms with van der Waals surface area (Å²) in [5.41, 5.74) is 1.83. The highest BCUT2D eigenvalue weighted by Crippen LogP contribution is 2.37. The van der Waals surface area contributed by atoms with Gasteiger partial charge in [-0.15, -0.1) is 10.2 Å². The van der Waals surface area contributed by atoms with E-state index >= 15 is 0 Å². The first-order chi connectivity index (χ1) is 17.0. The fourth-order valence-corrected chi connectivity index (χ4v) is 4.32. The van der Waals surface area contributed by atoms with E-state index in [1.807, 2.05) is 36.4 Å². The van der Waals surface area contributed by atoms with Crippen LogP contribution in [0.1, 0.15) is 18.9 Å². The number of nitrogens with zero attached hydrogens (tertiary/aromatic N) is 3. The van der Waals surface area contributed by atoms with Gasteiger partial charge in [0.2, 0.25) is 23.7 Å². The van der Waals surface area contributed by atoms with E-state index in [2.05, 4.69) is 15.5 Å². The van der Waals surface area contributed by atoms with Crippen molar-refractivity contribution in [1.82, 2.24) is 15.1 Å². The standard InChI is InChI=1S/C24H26N4O6S/c1-15(29)28(10-8-16-4-6-18(31-2)20(12-16)32-3)11-9-22(30)25-24-27-26-23(35-24)17-5-7-19-21(13-17)34-14-33-19/h4-7,12-13H,8-11,14H2,1-3H3,(H,25,27,30). The molecule has 0 fully saturated rings. The van der Waals surface area contributed by atoms with Crippen LogP contribution in [-0.4, -0.2) is 61.0 Å². The molecule has 2 amide bonds. The van der Waals surface area contributed by atoms with Crippen LogP contribution in [0.2, 0.25) is 0 Å². The Bertz CT molecular complexity index is 1210. The Morgan fingerprint density at radius 2 is 1.83 bits per heavy atom. The molecule has 2 heterocycles. The van der Waals surface area contributed by atoms with Gasteiger partial charge in [-0.1, -0.05) is 17.4 Å². The average Bonchev–Trinajstić information content (AvgIpc) is 3.52. The Morgan fingerprint density at radius 1 is 1.03 bits per heavy atom. The van der Waals surface area contributed by atoms with E-state index < -0.39 is 0 Å². The SMILES string of the molecule is COc1ccc(CCN(CCC(=O)Nc2nnc(-c3ccc4c(c3)OCO4)s2)C(C)=O)cc1OC. The molecule has 0 saturated carbocycles. The molecule has 3 aromatic rings. The molecule has 0 aliphatic carbocycles. The van der Waals surface area contributed by atoms with Crippen LogP contribution in [0, 0.1) is 0 Å². The molecular weight excluding hydrogens is 472 g/mol. The molecule has 10 nitrogen and oxygen atoms in total. The Labute approximate surface area is 206 Å². The van der Waals surface area contributed by atoms with E-state index in [0.717, 1.165) is 11.1 Å². The van der Waals surface area contributed by atoms with Crippen molar-refractivity contribution in [3.63, 3.8) is 0 Å². The summed E-state index contributed by atoms with van der Waals surface area (Å²) in [7, 11) is 3.16. The molecule has 1 aliphatic heterocycles. The molecule has 1 N–H and O–H groups in total. The fraction of sp³-hybridized carbons (Fsp3) is 0.333. The first kappa shape index (κ1) is 24.3. The van der Waals surface area contributed by atoms with E-state index in [1.54, 1.807) is 19.1 Å². The molecule has 0 radical (unpaired) electrons. The van der Waals surface area contributed by atoms with E-state index in [-0.39, 0.29) is 25.0 Å². The van der Waals surface area contributed by atoms with Crippen molar-refractivity contribution < 1.29 is 28.5 Å². The summed E-state index contributed by atoms with van der Waals surface area (Å²) in [6, 6.07) is 11.2. The predicted octanol–water partition coefficient (Wildman–Crippen LogP) is 3.37. The highest BCUT2D eigenvalue weighted by molar-refractivity contribution is 7.18. The van der Waals surface area contributed by atoms with Crippen LogP contribution >= 0.6 is 11.3 Å². The Morgan fingerprint density at radius 3 is 2.60 bits per heavy atom. The quantitative estimate of drug-likeness (QED) is 0.453. The number of hydrogen-bond acceptors (Lipinski definition) is 9. The minimum Gasteiger partial charge on any atom is -0.493 e. The minimum absolute atomic E-state index is 0.0979. The first-order valence-electron chi connectivity index (χ1n) is 11.0. The number of rotatable bonds is 10. The number of aromatic nitrogens is 2. The maximum absolute atomic E-state index is 12.5. The molecule has 0 bridgehead atoms. The van der Waals surface area contributed by atoms with E-state index in [9.17, 15) is 9.59 Å². The highest BCUT2D eigenvalue weighted by Gasteiger charge is 2.17. The van der Waals surface area contributed by atoms with Crippen molar-refractivity contribution in [2.24, 2.45) is 0 Å².